The normalized spacial score (nSPS) is 10.1. The van der Waals surface area contributed by atoms with Crippen LogP contribution >= 0.6 is 22.9 Å². The lowest BCUT2D eigenvalue weighted by Gasteiger charge is -2.06. The van der Waals surface area contributed by atoms with Gasteiger partial charge in [0.25, 0.3) is 0 Å². The summed E-state index contributed by atoms with van der Waals surface area (Å²) >= 11 is 7.17. The number of aromatic nitrogens is 1. The van der Waals surface area contributed by atoms with Crippen LogP contribution in [-0.4, -0.2) is 23.3 Å². The fourth-order valence-corrected chi connectivity index (χ4v) is 2.73. The highest BCUT2D eigenvalue weighted by Crippen LogP contribution is 2.21. The van der Waals surface area contributed by atoms with E-state index in [0.29, 0.717) is 16.6 Å². The summed E-state index contributed by atoms with van der Waals surface area (Å²) in [4.78, 5) is 28.1. The predicted molar refractivity (Wildman–Crippen MR) is 83.5 cm³/mol. The molecule has 0 aliphatic carbocycles. The first-order chi connectivity index (χ1) is 10.1. The maximum absolute atomic E-state index is 11.7. The van der Waals surface area contributed by atoms with Crippen molar-refractivity contribution in [3.05, 3.63) is 45.9 Å². The van der Waals surface area contributed by atoms with Crippen molar-refractivity contribution in [1.29, 1.82) is 0 Å². The Balaban J connectivity index is 1.67. The third-order valence-corrected chi connectivity index (χ3v) is 3.81. The topological polar surface area (TPSA) is 71.1 Å². The summed E-state index contributed by atoms with van der Waals surface area (Å²) < 4.78 is 0.661. The molecule has 0 bridgehead atoms. The van der Waals surface area contributed by atoms with Gasteiger partial charge in [-0.2, -0.15) is 0 Å². The highest BCUT2D eigenvalue weighted by molar-refractivity contribution is 7.16. The van der Waals surface area contributed by atoms with Crippen molar-refractivity contribution < 1.29 is 9.59 Å². The van der Waals surface area contributed by atoms with Crippen molar-refractivity contribution in [3.8, 4) is 0 Å². The van der Waals surface area contributed by atoms with Gasteiger partial charge in [0.05, 0.1) is 22.6 Å². The molecule has 7 heteroatoms. The number of pyridine rings is 1. The van der Waals surface area contributed by atoms with Gasteiger partial charge in [0.2, 0.25) is 11.8 Å². The molecular formula is C14H14ClN3O2S. The molecule has 0 radical (unpaired) electrons. The van der Waals surface area contributed by atoms with Gasteiger partial charge in [-0.3, -0.25) is 14.6 Å². The molecule has 2 aromatic heterocycles. The van der Waals surface area contributed by atoms with Crippen LogP contribution in [0.5, 0.6) is 0 Å². The van der Waals surface area contributed by atoms with E-state index in [-0.39, 0.29) is 24.7 Å². The molecule has 2 N–H and O–H groups in total. The van der Waals surface area contributed by atoms with Gasteiger partial charge in [0, 0.05) is 24.0 Å². The zero-order chi connectivity index (χ0) is 15.1. The SMILES string of the molecule is O=C(Cc1ccc(Cl)s1)NCCC(=O)Nc1cccnc1. The number of carbonyl (C=O) groups excluding carboxylic acids is 2. The zero-order valence-corrected chi connectivity index (χ0v) is 12.7. The lowest BCUT2D eigenvalue weighted by atomic mass is 10.3. The smallest absolute Gasteiger partial charge is 0.226 e. The first-order valence-electron chi connectivity index (χ1n) is 6.34. The van der Waals surface area contributed by atoms with Crippen LogP contribution < -0.4 is 10.6 Å². The van der Waals surface area contributed by atoms with E-state index in [1.54, 1.807) is 30.6 Å². The van der Waals surface area contributed by atoms with Gasteiger partial charge in [-0.25, -0.2) is 0 Å². The molecule has 110 valence electrons. The number of amides is 2. The molecule has 0 unspecified atom stereocenters. The van der Waals surface area contributed by atoms with Gasteiger partial charge in [0.1, 0.15) is 0 Å². The second-order valence-electron chi connectivity index (χ2n) is 4.27. The molecule has 0 aliphatic rings. The Morgan fingerprint density at radius 2 is 2.10 bits per heavy atom. The first-order valence-corrected chi connectivity index (χ1v) is 7.54. The van der Waals surface area contributed by atoms with E-state index in [0.717, 1.165) is 4.88 Å². The van der Waals surface area contributed by atoms with Gasteiger partial charge in [-0.05, 0) is 24.3 Å². The number of nitrogens with one attached hydrogen (secondary N) is 2. The molecule has 2 heterocycles. The van der Waals surface area contributed by atoms with Crippen molar-refractivity contribution in [3.63, 3.8) is 0 Å². The largest absolute Gasteiger partial charge is 0.355 e. The van der Waals surface area contributed by atoms with Crippen molar-refractivity contribution >= 4 is 40.4 Å². The molecule has 0 fully saturated rings. The summed E-state index contributed by atoms with van der Waals surface area (Å²) in [6, 6.07) is 7.07. The number of thiophene rings is 1. The Morgan fingerprint density at radius 3 is 2.76 bits per heavy atom. The van der Waals surface area contributed by atoms with E-state index in [4.69, 9.17) is 11.6 Å². The molecular weight excluding hydrogens is 310 g/mol. The van der Waals surface area contributed by atoms with Gasteiger partial charge in [-0.15, -0.1) is 11.3 Å². The van der Waals surface area contributed by atoms with E-state index in [9.17, 15) is 9.59 Å². The molecule has 0 atom stereocenters. The summed E-state index contributed by atoms with van der Waals surface area (Å²) in [5.74, 6) is -0.287. The number of rotatable bonds is 6. The van der Waals surface area contributed by atoms with Crippen LogP contribution in [0.3, 0.4) is 0 Å². The second-order valence-corrected chi connectivity index (χ2v) is 6.07. The van der Waals surface area contributed by atoms with E-state index in [2.05, 4.69) is 15.6 Å². The molecule has 0 saturated carbocycles. The van der Waals surface area contributed by atoms with E-state index < -0.39 is 0 Å². The highest BCUT2D eigenvalue weighted by Gasteiger charge is 2.07. The Kier molecular flexibility index (Phi) is 5.71. The number of hydrogen-bond acceptors (Lipinski definition) is 4. The van der Waals surface area contributed by atoms with Crippen molar-refractivity contribution in [2.75, 3.05) is 11.9 Å². The standard InChI is InChI=1S/C14H14ClN3O2S/c15-12-4-3-11(21-12)8-14(20)17-7-5-13(19)18-10-2-1-6-16-9-10/h1-4,6,9H,5,7-8H2,(H,17,20)(H,18,19). The van der Waals surface area contributed by atoms with Crippen LogP contribution in [0.25, 0.3) is 0 Å². The molecule has 0 saturated heterocycles. The summed E-state index contributed by atoms with van der Waals surface area (Å²) in [6.07, 6.45) is 3.69. The average Bonchev–Trinajstić information content (AvgIpc) is 2.85. The fourth-order valence-electron chi connectivity index (χ4n) is 1.64. The lowest BCUT2D eigenvalue weighted by molar-refractivity contribution is -0.120. The number of carbonyl (C=O) groups is 2. The number of halogens is 1. The maximum atomic E-state index is 11.7. The summed E-state index contributed by atoms with van der Waals surface area (Å²) in [5.41, 5.74) is 0.641. The summed E-state index contributed by atoms with van der Waals surface area (Å²) in [7, 11) is 0. The Morgan fingerprint density at radius 1 is 1.24 bits per heavy atom. The molecule has 0 spiro atoms. The van der Waals surface area contributed by atoms with E-state index in [1.807, 2.05) is 6.07 Å². The van der Waals surface area contributed by atoms with Crippen LogP contribution in [0.2, 0.25) is 4.34 Å². The van der Waals surface area contributed by atoms with Crippen molar-refractivity contribution in [2.24, 2.45) is 0 Å². The maximum Gasteiger partial charge on any atom is 0.226 e. The van der Waals surface area contributed by atoms with Gasteiger partial charge >= 0.3 is 0 Å². The average molecular weight is 324 g/mol. The van der Waals surface area contributed by atoms with Crippen LogP contribution in [0.4, 0.5) is 5.69 Å². The monoisotopic (exact) mass is 323 g/mol. The predicted octanol–water partition coefficient (Wildman–Crippen LogP) is 2.48. The Hall–Kier alpha value is -1.92. The minimum Gasteiger partial charge on any atom is -0.355 e. The number of nitrogens with zero attached hydrogens (tertiary/aromatic N) is 1. The van der Waals surface area contributed by atoms with E-state index in [1.165, 1.54) is 11.3 Å². The summed E-state index contributed by atoms with van der Waals surface area (Å²) in [6.45, 7) is 0.296. The second kappa shape index (κ2) is 7.75. The number of anilines is 1. The first kappa shape index (κ1) is 15.5. The number of hydrogen-bond donors (Lipinski definition) is 2. The van der Waals surface area contributed by atoms with Crippen molar-refractivity contribution in [2.45, 2.75) is 12.8 Å². The Bertz CT molecular complexity index is 616. The summed E-state index contributed by atoms with van der Waals surface area (Å²) in [5, 5.41) is 5.41. The molecule has 21 heavy (non-hydrogen) atoms. The third kappa shape index (κ3) is 5.53. The molecule has 5 nitrogen and oxygen atoms in total. The highest BCUT2D eigenvalue weighted by atomic mass is 35.5. The third-order valence-electron chi connectivity index (χ3n) is 2.58. The minimum absolute atomic E-state index is 0.123. The van der Waals surface area contributed by atoms with Gasteiger partial charge in [0.15, 0.2) is 0 Å². The molecule has 0 aliphatic heterocycles. The van der Waals surface area contributed by atoms with Crippen LogP contribution in [-0.2, 0) is 16.0 Å². The molecule has 2 aromatic rings. The fraction of sp³-hybridized carbons (Fsp3) is 0.214. The molecule has 0 aromatic carbocycles. The van der Waals surface area contributed by atoms with Crippen molar-refractivity contribution in [1.82, 2.24) is 10.3 Å². The van der Waals surface area contributed by atoms with Crippen LogP contribution in [0.15, 0.2) is 36.7 Å². The van der Waals surface area contributed by atoms with Gasteiger partial charge in [-0.1, -0.05) is 11.6 Å². The molecule has 2 amide bonds. The molecule has 2 rings (SSSR count). The lowest BCUT2D eigenvalue weighted by Crippen LogP contribution is -2.28. The Labute approximate surface area is 131 Å². The quantitative estimate of drug-likeness (QED) is 0.858. The minimum atomic E-state index is -0.164. The van der Waals surface area contributed by atoms with Gasteiger partial charge < -0.3 is 10.6 Å². The van der Waals surface area contributed by atoms with Crippen LogP contribution in [0.1, 0.15) is 11.3 Å². The zero-order valence-electron chi connectivity index (χ0n) is 11.1. The van der Waals surface area contributed by atoms with Crippen LogP contribution in [0, 0.1) is 0 Å². The van der Waals surface area contributed by atoms with E-state index >= 15 is 0 Å².